The van der Waals surface area contributed by atoms with E-state index in [2.05, 4.69) is 13.8 Å². The van der Waals surface area contributed by atoms with E-state index in [-0.39, 0.29) is 29.0 Å². The molecule has 170 valence electrons. The largest absolute Gasteiger partial charge is 0.451 e. The smallest absolute Gasteiger partial charge is 0.338 e. The molecule has 0 radical (unpaired) electrons. The fraction of sp³-hybridized carbons (Fsp3) is 0.556. The highest BCUT2D eigenvalue weighted by molar-refractivity contribution is 5.96. The van der Waals surface area contributed by atoms with Gasteiger partial charge in [0.2, 0.25) is 0 Å². The highest BCUT2D eigenvalue weighted by atomic mass is 16.6. The Kier molecular flexibility index (Phi) is 4.48. The molecule has 2 fully saturated rings. The Morgan fingerprint density at radius 3 is 2.44 bits per heavy atom. The van der Waals surface area contributed by atoms with Crippen molar-refractivity contribution in [2.45, 2.75) is 58.8 Å². The Labute approximate surface area is 189 Å². The number of carbonyl (C=O) groups excluding carboxylic acids is 2. The van der Waals surface area contributed by atoms with Crippen molar-refractivity contribution in [3.63, 3.8) is 0 Å². The summed E-state index contributed by atoms with van der Waals surface area (Å²) >= 11 is 0. The molecule has 2 bridgehead atoms. The van der Waals surface area contributed by atoms with Gasteiger partial charge in [-0.2, -0.15) is 0 Å². The molecule has 4 aliphatic rings. The Hall–Kier alpha value is -2.24. The molecule has 0 aliphatic heterocycles. The van der Waals surface area contributed by atoms with E-state index in [4.69, 9.17) is 4.74 Å². The molecule has 32 heavy (non-hydrogen) atoms. The lowest BCUT2D eigenvalue weighted by molar-refractivity contribution is -0.189. The fourth-order valence-corrected chi connectivity index (χ4v) is 7.32. The lowest BCUT2D eigenvalue weighted by Crippen LogP contribution is -2.65. The van der Waals surface area contributed by atoms with E-state index >= 15 is 0 Å². The third-order valence-corrected chi connectivity index (χ3v) is 9.08. The van der Waals surface area contributed by atoms with Crippen molar-refractivity contribution in [1.29, 1.82) is 0 Å². The molecule has 5 nitrogen and oxygen atoms in total. The second-order valence-electron chi connectivity index (χ2n) is 11.0. The maximum absolute atomic E-state index is 14.2. The molecule has 0 saturated heterocycles. The van der Waals surface area contributed by atoms with Crippen molar-refractivity contribution in [1.82, 2.24) is 0 Å². The minimum Gasteiger partial charge on any atom is -0.451 e. The van der Waals surface area contributed by atoms with Gasteiger partial charge in [0.1, 0.15) is 6.10 Å². The Balaban J connectivity index is 1.63. The summed E-state index contributed by atoms with van der Waals surface area (Å²) in [4.78, 5) is 27.2. The molecule has 8 atom stereocenters. The van der Waals surface area contributed by atoms with Crippen LogP contribution in [0.2, 0.25) is 0 Å². The number of allylic oxidation sites excluding steroid dienone is 1. The Bertz CT molecular complexity index is 1050. The number of esters is 1. The quantitative estimate of drug-likeness (QED) is 0.546. The number of ether oxygens (including phenoxy) is 1. The van der Waals surface area contributed by atoms with E-state index in [0.29, 0.717) is 22.6 Å². The van der Waals surface area contributed by atoms with Crippen molar-refractivity contribution < 1.29 is 24.5 Å². The summed E-state index contributed by atoms with van der Waals surface area (Å²) in [5.41, 5.74) is -1.67. The fourth-order valence-electron chi connectivity index (χ4n) is 7.32. The zero-order valence-electron chi connectivity index (χ0n) is 19.3. The van der Waals surface area contributed by atoms with Crippen LogP contribution in [0.5, 0.6) is 0 Å². The van der Waals surface area contributed by atoms with Crippen LogP contribution in [0, 0.1) is 34.5 Å². The zero-order valence-corrected chi connectivity index (χ0v) is 19.3. The van der Waals surface area contributed by atoms with Crippen LogP contribution in [-0.4, -0.2) is 39.8 Å². The minimum absolute atomic E-state index is 0.0525. The predicted molar refractivity (Wildman–Crippen MR) is 120 cm³/mol. The van der Waals surface area contributed by atoms with Crippen LogP contribution >= 0.6 is 0 Å². The average Bonchev–Trinajstić information content (AvgIpc) is 3.24. The lowest BCUT2D eigenvalue weighted by atomic mass is 9.59. The molecule has 0 heterocycles. The molecule has 0 aromatic heterocycles. The number of benzene rings is 1. The highest BCUT2D eigenvalue weighted by Crippen LogP contribution is 2.71. The molecule has 1 aromatic rings. The van der Waals surface area contributed by atoms with Crippen molar-refractivity contribution in [3.05, 3.63) is 59.2 Å². The standard InChI is InChI=1S/C27H32O5/c1-14-11-18-20-19(25(20,4)5)12-16(3)26(22(18)29)13-15(2)23(27(26,31)21(14)28)32-24(30)17-9-7-6-8-10-17/h6-11,13,16,18-21,23,28,31H,12H2,1-5H3/t16-,18+,19-,20+,21-,23+,26+,27+/m1/s1. The normalized spacial score (nSPS) is 43.8. The van der Waals surface area contributed by atoms with Crippen LogP contribution < -0.4 is 0 Å². The van der Waals surface area contributed by atoms with Gasteiger partial charge in [-0.05, 0) is 66.7 Å². The first-order valence-electron chi connectivity index (χ1n) is 11.6. The number of rotatable bonds is 2. The number of carbonyl (C=O) groups is 2. The molecule has 2 N–H and O–H groups in total. The van der Waals surface area contributed by atoms with E-state index in [1.54, 1.807) is 38.1 Å². The molecule has 5 rings (SSSR count). The summed E-state index contributed by atoms with van der Waals surface area (Å²) in [6.45, 7) is 9.95. The number of ketones is 1. The maximum Gasteiger partial charge on any atom is 0.338 e. The summed E-state index contributed by atoms with van der Waals surface area (Å²) in [6.07, 6.45) is 2.03. The van der Waals surface area contributed by atoms with Gasteiger partial charge in [0.25, 0.3) is 0 Å². The van der Waals surface area contributed by atoms with E-state index in [9.17, 15) is 19.8 Å². The van der Waals surface area contributed by atoms with Crippen LogP contribution in [0.3, 0.4) is 0 Å². The van der Waals surface area contributed by atoms with Crippen molar-refractivity contribution in [3.8, 4) is 0 Å². The summed E-state index contributed by atoms with van der Waals surface area (Å²) in [5.74, 6) is -0.630. The van der Waals surface area contributed by atoms with Crippen LogP contribution in [-0.2, 0) is 9.53 Å². The first-order valence-corrected chi connectivity index (χ1v) is 11.6. The molecule has 1 spiro atoms. The predicted octanol–water partition coefficient (Wildman–Crippen LogP) is 3.71. The summed E-state index contributed by atoms with van der Waals surface area (Å²) < 4.78 is 5.86. The van der Waals surface area contributed by atoms with Crippen LogP contribution in [0.1, 0.15) is 51.4 Å². The second-order valence-corrected chi connectivity index (χ2v) is 11.0. The third-order valence-electron chi connectivity index (χ3n) is 9.08. The van der Waals surface area contributed by atoms with E-state index in [1.165, 1.54) is 0 Å². The molecular weight excluding hydrogens is 404 g/mol. The monoisotopic (exact) mass is 436 g/mol. The van der Waals surface area contributed by atoms with Crippen molar-refractivity contribution >= 4 is 11.8 Å². The summed E-state index contributed by atoms with van der Waals surface area (Å²) in [7, 11) is 0. The first-order chi connectivity index (χ1) is 15.0. The molecule has 5 heteroatoms. The minimum atomic E-state index is -1.95. The van der Waals surface area contributed by atoms with Crippen LogP contribution in [0.25, 0.3) is 0 Å². The van der Waals surface area contributed by atoms with Gasteiger partial charge in [-0.1, -0.05) is 51.1 Å². The Morgan fingerprint density at radius 2 is 1.78 bits per heavy atom. The van der Waals surface area contributed by atoms with Gasteiger partial charge in [0, 0.05) is 5.92 Å². The van der Waals surface area contributed by atoms with Gasteiger partial charge in [-0.25, -0.2) is 4.79 Å². The number of aliphatic hydroxyl groups is 2. The molecule has 0 amide bonds. The molecular formula is C27H32O5. The highest BCUT2D eigenvalue weighted by Gasteiger charge is 2.76. The number of hydrogen-bond donors (Lipinski definition) is 2. The van der Waals surface area contributed by atoms with Gasteiger partial charge < -0.3 is 14.9 Å². The number of fused-ring (bicyclic) bond motifs is 3. The first kappa shape index (κ1) is 21.6. The second kappa shape index (κ2) is 6.64. The lowest BCUT2D eigenvalue weighted by Gasteiger charge is -2.48. The van der Waals surface area contributed by atoms with Gasteiger partial charge >= 0.3 is 5.97 Å². The zero-order chi connectivity index (χ0) is 23.2. The van der Waals surface area contributed by atoms with Crippen molar-refractivity contribution in [2.75, 3.05) is 0 Å². The average molecular weight is 437 g/mol. The van der Waals surface area contributed by atoms with Crippen LogP contribution in [0.15, 0.2) is 53.6 Å². The van der Waals surface area contributed by atoms with E-state index in [0.717, 1.165) is 6.42 Å². The van der Waals surface area contributed by atoms with Gasteiger partial charge in [-0.3, -0.25) is 4.79 Å². The maximum atomic E-state index is 14.2. The third kappa shape index (κ3) is 2.47. The summed E-state index contributed by atoms with van der Waals surface area (Å²) in [5, 5.41) is 23.8. The van der Waals surface area contributed by atoms with Crippen molar-refractivity contribution in [2.24, 2.45) is 34.5 Å². The van der Waals surface area contributed by atoms with Gasteiger partial charge in [0.05, 0.1) is 11.0 Å². The number of hydrogen-bond acceptors (Lipinski definition) is 5. The Morgan fingerprint density at radius 1 is 1.12 bits per heavy atom. The molecule has 2 saturated carbocycles. The topological polar surface area (TPSA) is 83.8 Å². The van der Waals surface area contributed by atoms with E-state index in [1.807, 2.05) is 25.1 Å². The molecule has 4 aliphatic carbocycles. The summed E-state index contributed by atoms with van der Waals surface area (Å²) in [6, 6.07) is 8.59. The number of Topliss-reactive ketones (excluding diaryl/α,β-unsaturated/α-hetero) is 1. The van der Waals surface area contributed by atoms with E-state index < -0.39 is 29.2 Å². The molecule has 0 unspecified atom stereocenters. The SMILES string of the molecule is CC1=C[C@@H]2C(=O)[C@]3(C=C(C)[C@H](OC(=O)c4ccccc4)[C@@]3(O)[C@@H]1O)[C@H](C)C[C@@H]1[C@H]2C1(C)C. The molecule has 1 aromatic carbocycles. The number of aliphatic hydroxyl groups excluding tert-OH is 1. The van der Waals surface area contributed by atoms with Crippen LogP contribution in [0.4, 0.5) is 0 Å². The van der Waals surface area contributed by atoms with Gasteiger partial charge in [0.15, 0.2) is 17.5 Å². The van der Waals surface area contributed by atoms with Gasteiger partial charge in [-0.15, -0.1) is 0 Å².